The number of fused-ring (bicyclic) bond motifs is 3. The molecule has 19 heteroatoms. The SMILES string of the molecule is C[C@H]1c2c(nn(-c3ccc(F)c4c3CCC4)c2-n2ccn(-c3ccc(NC4CC4)c(C=N)c3F)c2=O)CCN1C(=O)c1cc2nc(C3CCOCC3)ncc2n1[C@@]1(c2noc(=O)[nH]2)C[C@@H]1C. The van der Waals surface area contributed by atoms with Crippen molar-refractivity contribution >= 4 is 28.8 Å². The first-order chi connectivity index (χ1) is 32.0. The van der Waals surface area contributed by atoms with Crippen LogP contribution in [0.1, 0.15) is 114 Å². The van der Waals surface area contributed by atoms with E-state index in [2.05, 4.69) is 15.5 Å². The average molecular weight is 897 g/mol. The number of halogens is 2. The smallest absolute Gasteiger partial charge is 0.382 e. The molecule has 5 aliphatic rings. The molecule has 1 saturated heterocycles. The van der Waals surface area contributed by atoms with Gasteiger partial charge in [-0.05, 0) is 106 Å². The van der Waals surface area contributed by atoms with E-state index in [9.17, 15) is 9.59 Å². The van der Waals surface area contributed by atoms with Crippen molar-refractivity contribution in [2.24, 2.45) is 5.92 Å². The molecule has 12 rings (SSSR count). The fourth-order valence-electron chi connectivity index (χ4n) is 10.8. The number of hydrogen-bond donors (Lipinski definition) is 3. The Labute approximate surface area is 374 Å². The topological polar surface area (TPSA) is 200 Å². The van der Waals surface area contributed by atoms with Gasteiger partial charge in [0.05, 0.1) is 45.9 Å². The van der Waals surface area contributed by atoms with Crippen LogP contribution >= 0.6 is 0 Å². The number of ether oxygens (including phenoxy) is 1. The van der Waals surface area contributed by atoms with E-state index in [-0.39, 0.29) is 47.4 Å². The zero-order valence-electron chi connectivity index (χ0n) is 36.3. The van der Waals surface area contributed by atoms with Crippen LogP contribution in [0.15, 0.2) is 63.0 Å². The van der Waals surface area contributed by atoms with Crippen molar-refractivity contribution in [3.63, 3.8) is 0 Å². The number of aromatic amines is 1. The van der Waals surface area contributed by atoms with Gasteiger partial charge in [-0.1, -0.05) is 12.1 Å². The fraction of sp³-hybridized carbons (Fsp3) is 0.404. The lowest BCUT2D eigenvalue weighted by molar-refractivity contribution is 0.0663. The first-order valence-corrected chi connectivity index (χ1v) is 22.7. The van der Waals surface area contributed by atoms with Crippen molar-refractivity contribution in [2.75, 3.05) is 25.1 Å². The Morgan fingerprint density at radius 3 is 2.52 bits per heavy atom. The van der Waals surface area contributed by atoms with E-state index in [4.69, 9.17) is 29.7 Å². The molecule has 3 fully saturated rings. The van der Waals surface area contributed by atoms with Gasteiger partial charge in [0, 0.05) is 68.0 Å². The zero-order valence-corrected chi connectivity index (χ0v) is 36.3. The van der Waals surface area contributed by atoms with Crippen molar-refractivity contribution < 1.29 is 22.8 Å². The lowest BCUT2D eigenvalue weighted by Gasteiger charge is -2.34. The number of nitrogens with zero attached hydrogens (tertiary/aromatic N) is 9. The van der Waals surface area contributed by atoms with E-state index in [1.54, 1.807) is 40.2 Å². The number of H-pyrrole nitrogens is 1. The number of carbonyl (C=O) groups is 1. The molecule has 2 aromatic carbocycles. The lowest BCUT2D eigenvalue weighted by Crippen LogP contribution is -2.41. The summed E-state index contributed by atoms with van der Waals surface area (Å²) in [5.41, 5.74) is 3.76. The van der Waals surface area contributed by atoms with Crippen LogP contribution in [0.3, 0.4) is 0 Å². The van der Waals surface area contributed by atoms with E-state index >= 15 is 13.6 Å². The Bertz CT molecular complexity index is 3280. The van der Waals surface area contributed by atoms with E-state index in [1.807, 2.05) is 18.4 Å². The van der Waals surface area contributed by atoms with E-state index in [0.29, 0.717) is 101 Å². The van der Waals surface area contributed by atoms with Crippen LogP contribution in [0.4, 0.5) is 14.5 Å². The summed E-state index contributed by atoms with van der Waals surface area (Å²) in [6, 6.07) is 7.65. The molecule has 3 aliphatic carbocycles. The number of hydrogen-bond acceptors (Lipinski definition) is 11. The highest BCUT2D eigenvalue weighted by Crippen LogP contribution is 2.56. The summed E-state index contributed by atoms with van der Waals surface area (Å²) in [4.78, 5) is 57.1. The summed E-state index contributed by atoms with van der Waals surface area (Å²) in [5.74, 6) is -0.680. The predicted molar refractivity (Wildman–Crippen MR) is 236 cm³/mol. The monoisotopic (exact) mass is 896 g/mol. The molecule has 0 radical (unpaired) electrons. The maximum atomic E-state index is 16.3. The molecule has 0 bridgehead atoms. The summed E-state index contributed by atoms with van der Waals surface area (Å²) in [6.07, 6.45) is 12.0. The third-order valence-corrected chi connectivity index (χ3v) is 14.5. The van der Waals surface area contributed by atoms with Gasteiger partial charge in [-0.15, -0.1) is 0 Å². The number of benzene rings is 2. The molecule has 66 heavy (non-hydrogen) atoms. The first-order valence-electron chi connectivity index (χ1n) is 22.7. The predicted octanol–water partition coefficient (Wildman–Crippen LogP) is 6.01. The number of anilines is 1. The second kappa shape index (κ2) is 15.0. The molecular formula is C47H46F2N12O5. The van der Waals surface area contributed by atoms with Crippen molar-refractivity contribution in [2.45, 2.75) is 95.2 Å². The molecule has 3 atom stereocenters. The van der Waals surface area contributed by atoms with E-state index in [0.717, 1.165) is 43.9 Å². The Kier molecular flexibility index (Phi) is 9.21. The summed E-state index contributed by atoms with van der Waals surface area (Å²) in [7, 11) is 0. The number of rotatable bonds is 10. The molecule has 0 unspecified atom stereocenters. The van der Waals surface area contributed by atoms with Crippen LogP contribution in [0.25, 0.3) is 28.2 Å². The van der Waals surface area contributed by atoms with Crippen molar-refractivity contribution in [3.8, 4) is 17.2 Å². The third-order valence-electron chi connectivity index (χ3n) is 14.5. The molecule has 2 aliphatic heterocycles. The van der Waals surface area contributed by atoms with Crippen LogP contribution in [0.2, 0.25) is 0 Å². The first kappa shape index (κ1) is 40.5. The second-order valence-corrected chi connectivity index (χ2v) is 18.4. The van der Waals surface area contributed by atoms with E-state index in [1.165, 1.54) is 27.5 Å². The van der Waals surface area contributed by atoms with Crippen molar-refractivity contribution in [1.82, 2.24) is 48.5 Å². The summed E-state index contributed by atoms with van der Waals surface area (Å²) >= 11 is 0. The normalized spacial score (nSPS) is 21.6. The minimum absolute atomic E-state index is 0.0290. The standard InChI is InChI=1S/C47H46F2N12O5/c1-24-21-47(24,44-54-45(63)66-56-44)60-37(20-34-38(60)23-51-41(53-34)26-13-18-65-19-14-26)43(62)57-15-12-33-39(25(57)2)42(61(55-33)35-10-8-31(48)28-4-3-5-29(28)35)59-17-16-58(46(59)64)36-11-9-32(52-27-6-7-27)30(22-50)40(36)49/h8-11,16-17,20,22-27,50,52H,3-7,12-15,18-19,21H2,1-2H3,(H,54,56,63)/t24-,25-,47-/m0/s1. The number of amides is 1. The average Bonchev–Trinajstić information content (AvgIpc) is 3.78. The number of imidazole rings is 1. The molecule has 1 amide bonds. The van der Waals surface area contributed by atoms with Gasteiger partial charge in [-0.3, -0.25) is 23.4 Å². The number of nitrogens with one attached hydrogen (secondary N) is 3. The maximum absolute atomic E-state index is 16.3. The van der Waals surface area contributed by atoms with Gasteiger partial charge in [0.25, 0.3) is 5.91 Å². The quantitative estimate of drug-likeness (QED) is 0.137. The van der Waals surface area contributed by atoms with Crippen LogP contribution in [-0.4, -0.2) is 86.4 Å². The lowest BCUT2D eigenvalue weighted by atomic mass is 9.98. The van der Waals surface area contributed by atoms with Crippen LogP contribution in [0.5, 0.6) is 0 Å². The molecule has 5 aromatic heterocycles. The molecule has 17 nitrogen and oxygen atoms in total. The highest BCUT2D eigenvalue weighted by atomic mass is 19.1. The van der Waals surface area contributed by atoms with Gasteiger partial charge in [0.1, 0.15) is 28.7 Å². The van der Waals surface area contributed by atoms with Gasteiger partial charge >= 0.3 is 11.4 Å². The minimum atomic E-state index is -0.930. The van der Waals surface area contributed by atoms with Gasteiger partial charge < -0.3 is 24.9 Å². The molecule has 7 heterocycles. The number of carbonyl (C=O) groups excluding carboxylic acids is 1. The Morgan fingerprint density at radius 1 is 1.00 bits per heavy atom. The molecule has 338 valence electrons. The van der Waals surface area contributed by atoms with E-state index < -0.39 is 28.8 Å². The Balaban J connectivity index is 1.00. The fourth-order valence-corrected chi connectivity index (χ4v) is 10.8. The van der Waals surface area contributed by atoms with Crippen LogP contribution in [0, 0.1) is 23.0 Å². The highest BCUT2D eigenvalue weighted by Gasteiger charge is 2.59. The summed E-state index contributed by atoms with van der Waals surface area (Å²) < 4.78 is 48.4. The maximum Gasteiger partial charge on any atom is 0.438 e. The molecule has 2 saturated carbocycles. The van der Waals surface area contributed by atoms with Crippen LogP contribution in [-0.2, 0) is 29.5 Å². The van der Waals surface area contributed by atoms with Gasteiger partial charge in [0.15, 0.2) is 11.6 Å². The van der Waals surface area contributed by atoms with Crippen molar-refractivity contribution in [3.05, 3.63) is 127 Å². The van der Waals surface area contributed by atoms with Gasteiger partial charge in [-0.25, -0.2) is 33.0 Å². The second-order valence-electron chi connectivity index (χ2n) is 18.4. The zero-order chi connectivity index (χ0) is 45.2. The van der Waals surface area contributed by atoms with Gasteiger partial charge in [0.2, 0.25) is 0 Å². The summed E-state index contributed by atoms with van der Waals surface area (Å²) in [5, 5.41) is 20.6. The third kappa shape index (κ3) is 6.11. The summed E-state index contributed by atoms with van der Waals surface area (Å²) in [6.45, 7) is 5.40. The number of aromatic nitrogens is 9. The molecule has 0 spiro atoms. The highest BCUT2D eigenvalue weighted by molar-refractivity contribution is 5.98. The minimum Gasteiger partial charge on any atom is -0.382 e. The Hall–Kier alpha value is -7.02. The van der Waals surface area contributed by atoms with Crippen LogP contribution < -0.4 is 16.8 Å². The molecule has 7 aromatic rings. The molecular weight excluding hydrogens is 851 g/mol. The van der Waals surface area contributed by atoms with Crippen molar-refractivity contribution in [1.29, 1.82) is 5.41 Å². The largest absolute Gasteiger partial charge is 0.438 e. The van der Waals surface area contributed by atoms with Gasteiger partial charge in [-0.2, -0.15) is 5.10 Å². The molecule has 3 N–H and O–H groups in total. The Morgan fingerprint density at radius 2 is 1.77 bits per heavy atom.